The number of aromatic nitrogens is 2. The van der Waals surface area contributed by atoms with E-state index in [9.17, 15) is 4.39 Å². The topological polar surface area (TPSA) is 39.1 Å². The van der Waals surface area contributed by atoms with Crippen LogP contribution in [0.2, 0.25) is 0 Å². The van der Waals surface area contributed by atoms with Gasteiger partial charge in [0.15, 0.2) is 0 Å². The zero-order chi connectivity index (χ0) is 15.4. The number of benzene rings is 1. The normalized spacial score (nSPS) is 12.4. The molecule has 1 aromatic heterocycles. The monoisotopic (exact) mass is 291 g/mol. The molecule has 0 bridgehead atoms. The van der Waals surface area contributed by atoms with Crippen LogP contribution in [-0.2, 0) is 13.2 Å². The number of nitrogens with one attached hydrogen (secondary N) is 1. The van der Waals surface area contributed by atoms with Gasteiger partial charge in [0.25, 0.3) is 0 Å². The lowest BCUT2D eigenvalue weighted by Crippen LogP contribution is -2.14. The third-order valence-electron chi connectivity index (χ3n) is 3.54. The van der Waals surface area contributed by atoms with Gasteiger partial charge in [-0.05, 0) is 40.0 Å². The summed E-state index contributed by atoms with van der Waals surface area (Å²) in [6.45, 7) is 7.16. The number of rotatable bonds is 6. The largest absolute Gasteiger partial charge is 0.487 e. The van der Waals surface area contributed by atoms with Crippen molar-refractivity contribution in [1.29, 1.82) is 0 Å². The molecule has 1 unspecified atom stereocenters. The third-order valence-corrected chi connectivity index (χ3v) is 3.54. The summed E-state index contributed by atoms with van der Waals surface area (Å²) >= 11 is 0. The molecule has 2 rings (SSSR count). The Balaban J connectivity index is 2.20. The molecular formula is C16H22FN3O. The summed E-state index contributed by atoms with van der Waals surface area (Å²) in [6.07, 6.45) is 0. The first-order valence-electron chi connectivity index (χ1n) is 7.18. The second-order valence-electron chi connectivity index (χ2n) is 5.07. The molecule has 21 heavy (non-hydrogen) atoms. The van der Waals surface area contributed by atoms with E-state index < -0.39 is 0 Å². The van der Waals surface area contributed by atoms with Crippen molar-refractivity contribution < 1.29 is 9.13 Å². The molecule has 0 aliphatic heterocycles. The predicted molar refractivity (Wildman–Crippen MR) is 80.8 cm³/mol. The quantitative estimate of drug-likeness (QED) is 0.888. The molecule has 1 heterocycles. The zero-order valence-corrected chi connectivity index (χ0v) is 13.0. The van der Waals surface area contributed by atoms with Gasteiger partial charge in [0.2, 0.25) is 0 Å². The zero-order valence-electron chi connectivity index (χ0n) is 13.0. The highest BCUT2D eigenvalue weighted by Gasteiger charge is 2.12. The summed E-state index contributed by atoms with van der Waals surface area (Å²) in [5.41, 5.74) is 2.89. The highest BCUT2D eigenvalue weighted by molar-refractivity contribution is 5.36. The molecular weight excluding hydrogens is 269 g/mol. The van der Waals surface area contributed by atoms with Crippen LogP contribution in [-0.4, -0.2) is 16.8 Å². The fourth-order valence-corrected chi connectivity index (χ4v) is 2.29. The van der Waals surface area contributed by atoms with Crippen molar-refractivity contribution in [2.24, 2.45) is 0 Å². The molecule has 5 heteroatoms. The Kier molecular flexibility index (Phi) is 4.96. The summed E-state index contributed by atoms with van der Waals surface area (Å²) in [7, 11) is 1.87. The van der Waals surface area contributed by atoms with Gasteiger partial charge in [0.05, 0.1) is 11.4 Å². The van der Waals surface area contributed by atoms with E-state index in [1.54, 1.807) is 6.07 Å². The van der Waals surface area contributed by atoms with E-state index in [1.165, 1.54) is 12.1 Å². The summed E-state index contributed by atoms with van der Waals surface area (Å²) in [4.78, 5) is 0. The van der Waals surface area contributed by atoms with E-state index in [4.69, 9.17) is 4.74 Å². The molecule has 114 valence electrons. The first-order chi connectivity index (χ1) is 10.0. The van der Waals surface area contributed by atoms with E-state index in [1.807, 2.05) is 38.6 Å². The predicted octanol–water partition coefficient (Wildman–Crippen LogP) is 3.21. The molecule has 0 saturated carbocycles. The molecule has 1 aromatic carbocycles. The molecule has 0 amide bonds. The van der Waals surface area contributed by atoms with Crippen molar-refractivity contribution in [3.63, 3.8) is 0 Å². The lowest BCUT2D eigenvalue weighted by Gasteiger charge is -2.17. The molecule has 0 aliphatic rings. The van der Waals surface area contributed by atoms with Crippen molar-refractivity contribution in [3.8, 4) is 5.75 Å². The van der Waals surface area contributed by atoms with Crippen molar-refractivity contribution in [2.75, 3.05) is 7.05 Å². The van der Waals surface area contributed by atoms with E-state index >= 15 is 0 Å². The van der Waals surface area contributed by atoms with Crippen LogP contribution in [0, 0.1) is 12.7 Å². The van der Waals surface area contributed by atoms with Crippen LogP contribution < -0.4 is 10.1 Å². The minimum Gasteiger partial charge on any atom is -0.487 e. The Morgan fingerprint density at radius 3 is 2.81 bits per heavy atom. The van der Waals surface area contributed by atoms with Gasteiger partial charge >= 0.3 is 0 Å². The second kappa shape index (κ2) is 6.72. The van der Waals surface area contributed by atoms with Crippen LogP contribution in [0.15, 0.2) is 24.3 Å². The lowest BCUT2D eigenvalue weighted by atomic mass is 10.1. The Labute approximate surface area is 124 Å². The van der Waals surface area contributed by atoms with Crippen molar-refractivity contribution >= 4 is 0 Å². The van der Waals surface area contributed by atoms with E-state index in [0.29, 0.717) is 12.4 Å². The van der Waals surface area contributed by atoms with E-state index in [2.05, 4.69) is 10.4 Å². The fourth-order valence-electron chi connectivity index (χ4n) is 2.29. The fraction of sp³-hybridized carbons (Fsp3) is 0.438. The summed E-state index contributed by atoms with van der Waals surface area (Å²) < 4.78 is 21.2. The van der Waals surface area contributed by atoms with Crippen LogP contribution in [0.4, 0.5) is 4.39 Å². The Morgan fingerprint density at radius 2 is 2.14 bits per heavy atom. The first kappa shape index (κ1) is 15.5. The summed E-state index contributed by atoms with van der Waals surface area (Å²) in [5.74, 6) is 0.274. The molecule has 0 saturated heterocycles. The molecule has 4 nitrogen and oxygen atoms in total. The average Bonchev–Trinajstić information content (AvgIpc) is 2.84. The van der Waals surface area contributed by atoms with Crippen molar-refractivity contribution in [1.82, 2.24) is 15.1 Å². The molecule has 1 atom stereocenters. The maximum atomic E-state index is 13.5. The van der Waals surface area contributed by atoms with Gasteiger partial charge in [-0.3, -0.25) is 4.68 Å². The third kappa shape index (κ3) is 3.61. The lowest BCUT2D eigenvalue weighted by molar-refractivity contribution is 0.285. The molecule has 1 N–H and O–H groups in total. The maximum absolute atomic E-state index is 13.5. The number of aryl methyl sites for hydroxylation is 2. The van der Waals surface area contributed by atoms with Gasteiger partial charge in [0, 0.05) is 24.2 Å². The van der Waals surface area contributed by atoms with Gasteiger partial charge in [-0.1, -0.05) is 6.07 Å². The minimum atomic E-state index is -0.294. The number of hydrogen-bond acceptors (Lipinski definition) is 3. The number of hydrogen-bond donors (Lipinski definition) is 1. The smallest absolute Gasteiger partial charge is 0.130 e. The second-order valence-corrected chi connectivity index (χ2v) is 5.07. The maximum Gasteiger partial charge on any atom is 0.130 e. The van der Waals surface area contributed by atoms with Crippen molar-refractivity contribution in [2.45, 2.75) is 40.0 Å². The van der Waals surface area contributed by atoms with Crippen LogP contribution in [0.25, 0.3) is 0 Å². The minimum absolute atomic E-state index is 0.0958. The molecule has 0 fully saturated rings. The van der Waals surface area contributed by atoms with Gasteiger partial charge in [-0.2, -0.15) is 5.10 Å². The number of ether oxygens (including phenoxy) is 1. The van der Waals surface area contributed by atoms with Crippen LogP contribution in [0.5, 0.6) is 5.75 Å². The van der Waals surface area contributed by atoms with Crippen LogP contribution >= 0.6 is 0 Å². The summed E-state index contributed by atoms with van der Waals surface area (Å²) in [5, 5.41) is 7.53. The van der Waals surface area contributed by atoms with Crippen LogP contribution in [0.1, 0.15) is 36.8 Å². The number of halogens is 1. The molecule has 0 radical (unpaired) electrons. The SMILES string of the molecule is CCn1nc(C)cc1COc1cc(F)ccc1C(C)NC. The Bertz CT molecular complexity index is 610. The highest BCUT2D eigenvalue weighted by Crippen LogP contribution is 2.26. The summed E-state index contributed by atoms with van der Waals surface area (Å²) in [6, 6.07) is 6.73. The first-order valence-corrected chi connectivity index (χ1v) is 7.18. The molecule has 0 aliphatic carbocycles. The van der Waals surface area contributed by atoms with Crippen LogP contribution in [0.3, 0.4) is 0 Å². The number of nitrogens with zero attached hydrogens (tertiary/aromatic N) is 2. The van der Waals surface area contributed by atoms with E-state index in [-0.39, 0.29) is 11.9 Å². The molecule has 2 aromatic rings. The van der Waals surface area contributed by atoms with Gasteiger partial charge in [0.1, 0.15) is 18.2 Å². The Morgan fingerprint density at radius 1 is 1.38 bits per heavy atom. The van der Waals surface area contributed by atoms with Crippen molar-refractivity contribution in [3.05, 3.63) is 47.0 Å². The standard InChI is InChI=1S/C16H22FN3O/c1-5-20-14(8-11(2)19-20)10-21-16-9-13(17)6-7-15(16)12(3)18-4/h6-9,12,18H,5,10H2,1-4H3. The average molecular weight is 291 g/mol. The highest BCUT2D eigenvalue weighted by atomic mass is 19.1. The Hall–Kier alpha value is -1.88. The van der Waals surface area contributed by atoms with Gasteiger partial charge < -0.3 is 10.1 Å². The van der Waals surface area contributed by atoms with E-state index in [0.717, 1.165) is 23.5 Å². The van der Waals surface area contributed by atoms with Gasteiger partial charge in [-0.25, -0.2) is 4.39 Å². The van der Waals surface area contributed by atoms with Gasteiger partial charge in [-0.15, -0.1) is 0 Å². The molecule has 0 spiro atoms.